The lowest BCUT2D eigenvalue weighted by Crippen LogP contribution is -2.48. The van der Waals surface area contributed by atoms with Gasteiger partial charge in [0.15, 0.2) is 28.8 Å². The fraction of sp³-hybridized carbons (Fsp3) is 0.231. The number of hydrogen-bond acceptors (Lipinski definition) is 7. The molecule has 0 radical (unpaired) electrons. The number of hydrogen-bond donors (Lipinski definition) is 2. The van der Waals surface area contributed by atoms with E-state index in [1.807, 2.05) is 35.2 Å². The normalized spacial score (nSPS) is 13.5. The van der Waals surface area contributed by atoms with Crippen molar-refractivity contribution < 1.29 is 18.3 Å². The van der Waals surface area contributed by atoms with Crippen LogP contribution >= 0.6 is 0 Å². The zero-order chi connectivity index (χ0) is 26.1. The summed E-state index contributed by atoms with van der Waals surface area (Å²) in [6, 6.07) is 11.9. The van der Waals surface area contributed by atoms with Crippen LogP contribution in [-0.4, -0.2) is 51.9 Å². The van der Waals surface area contributed by atoms with Gasteiger partial charge in [0.1, 0.15) is 12.4 Å². The van der Waals surface area contributed by atoms with E-state index in [1.54, 1.807) is 13.8 Å². The molecule has 0 atom stereocenters. The van der Waals surface area contributed by atoms with E-state index in [-0.39, 0.29) is 39.8 Å². The summed E-state index contributed by atoms with van der Waals surface area (Å²) >= 11 is 0. The highest BCUT2D eigenvalue weighted by Gasteiger charge is 2.21. The number of nitrogens with one attached hydrogen (secondary N) is 2. The molecule has 0 bridgehead atoms. The van der Waals surface area contributed by atoms with Crippen molar-refractivity contribution in [2.75, 3.05) is 36.4 Å². The molecule has 0 unspecified atom stereocenters. The topological polar surface area (TPSA) is 110 Å². The van der Waals surface area contributed by atoms with E-state index in [2.05, 4.69) is 25.2 Å². The van der Waals surface area contributed by atoms with Crippen LogP contribution in [0.5, 0.6) is 11.6 Å². The standard InChI is InChI=1S/C26H23F2N7O2/c1-15-11-19-23(28)22(12-21(27)24(19)32-15)37-26-20(13-29)25(30-14-31-26)33-17-3-5-18(6-4-17)35-9-7-34(8-10-35)16(2)36/h3-6,11-12,14,32H,7-10H2,1-2H3,(H,30,31,33). The van der Waals surface area contributed by atoms with Crippen LogP contribution in [0.25, 0.3) is 10.9 Å². The molecular formula is C26H23F2N7O2. The first-order chi connectivity index (χ1) is 17.8. The number of benzene rings is 2. The van der Waals surface area contributed by atoms with E-state index in [4.69, 9.17) is 4.74 Å². The monoisotopic (exact) mass is 503 g/mol. The van der Waals surface area contributed by atoms with Gasteiger partial charge in [0, 0.05) is 61.6 Å². The van der Waals surface area contributed by atoms with Crippen LogP contribution in [0.3, 0.4) is 0 Å². The molecule has 4 aromatic rings. The van der Waals surface area contributed by atoms with E-state index >= 15 is 4.39 Å². The molecule has 1 aliphatic heterocycles. The van der Waals surface area contributed by atoms with E-state index in [1.165, 1.54) is 12.4 Å². The third-order valence-electron chi connectivity index (χ3n) is 6.25. The van der Waals surface area contributed by atoms with Gasteiger partial charge in [-0.15, -0.1) is 0 Å². The number of carbonyl (C=O) groups is 1. The van der Waals surface area contributed by atoms with Crippen molar-refractivity contribution in [1.82, 2.24) is 19.9 Å². The summed E-state index contributed by atoms with van der Waals surface area (Å²) in [5.41, 5.74) is 2.25. The number of aromatic amines is 1. The van der Waals surface area contributed by atoms with E-state index < -0.39 is 11.6 Å². The first-order valence-corrected chi connectivity index (χ1v) is 11.6. The van der Waals surface area contributed by atoms with Crippen molar-refractivity contribution in [3.05, 3.63) is 65.6 Å². The lowest BCUT2D eigenvalue weighted by Gasteiger charge is -2.35. The van der Waals surface area contributed by atoms with Gasteiger partial charge in [-0.1, -0.05) is 0 Å². The Balaban J connectivity index is 1.35. The SMILES string of the molecule is CC(=O)N1CCN(c2ccc(Nc3ncnc(Oc4cc(F)c5[nH]c(C)cc5c4F)c3C#N)cc2)CC1. The van der Waals surface area contributed by atoms with Gasteiger partial charge >= 0.3 is 0 Å². The molecule has 0 aliphatic carbocycles. The zero-order valence-electron chi connectivity index (χ0n) is 20.2. The van der Waals surface area contributed by atoms with E-state index in [0.717, 1.165) is 24.8 Å². The predicted octanol–water partition coefficient (Wildman–Crippen LogP) is 4.62. The molecule has 2 aromatic carbocycles. The Labute approximate surface area is 211 Å². The van der Waals surface area contributed by atoms with Gasteiger partial charge in [0.05, 0.1) is 5.52 Å². The lowest BCUT2D eigenvalue weighted by atomic mass is 10.2. The fourth-order valence-corrected chi connectivity index (χ4v) is 4.33. The molecule has 188 valence electrons. The summed E-state index contributed by atoms with van der Waals surface area (Å²) in [6.07, 6.45) is 1.18. The van der Waals surface area contributed by atoms with Crippen LogP contribution in [0.15, 0.2) is 42.7 Å². The number of H-pyrrole nitrogens is 1. The second kappa shape index (κ2) is 9.73. The highest BCUT2D eigenvalue weighted by atomic mass is 19.1. The van der Waals surface area contributed by atoms with Gasteiger partial charge in [-0.2, -0.15) is 5.26 Å². The molecule has 5 rings (SSSR count). The number of nitriles is 1. The predicted molar refractivity (Wildman–Crippen MR) is 134 cm³/mol. The van der Waals surface area contributed by atoms with Crippen LogP contribution in [0.2, 0.25) is 0 Å². The molecule has 2 aromatic heterocycles. The van der Waals surface area contributed by atoms with Gasteiger partial charge in [0.2, 0.25) is 11.8 Å². The van der Waals surface area contributed by atoms with Crippen molar-refractivity contribution in [2.24, 2.45) is 0 Å². The molecule has 0 spiro atoms. The summed E-state index contributed by atoms with van der Waals surface area (Å²) in [5.74, 6) is -1.81. The largest absolute Gasteiger partial charge is 0.434 e. The van der Waals surface area contributed by atoms with Gasteiger partial charge in [0.25, 0.3) is 0 Å². The summed E-state index contributed by atoms with van der Waals surface area (Å²) in [5, 5.41) is 12.9. The number of nitrogens with zero attached hydrogens (tertiary/aromatic N) is 5. The Morgan fingerprint density at radius 2 is 1.86 bits per heavy atom. The van der Waals surface area contributed by atoms with Crippen LogP contribution in [0.1, 0.15) is 18.2 Å². The highest BCUT2D eigenvalue weighted by molar-refractivity contribution is 5.83. The van der Waals surface area contributed by atoms with Crippen LogP contribution in [0, 0.1) is 29.9 Å². The van der Waals surface area contributed by atoms with E-state index in [9.17, 15) is 14.4 Å². The van der Waals surface area contributed by atoms with Crippen molar-refractivity contribution >= 4 is 34.0 Å². The van der Waals surface area contributed by atoms with Gasteiger partial charge in [-0.25, -0.2) is 18.7 Å². The van der Waals surface area contributed by atoms with Crippen LogP contribution < -0.4 is 15.0 Å². The summed E-state index contributed by atoms with van der Waals surface area (Å²) < 4.78 is 35.1. The van der Waals surface area contributed by atoms with E-state index in [0.29, 0.717) is 24.5 Å². The van der Waals surface area contributed by atoms with Crippen molar-refractivity contribution in [1.29, 1.82) is 5.26 Å². The molecule has 1 amide bonds. The molecule has 9 nitrogen and oxygen atoms in total. The lowest BCUT2D eigenvalue weighted by molar-refractivity contribution is -0.129. The number of amides is 1. The first kappa shape index (κ1) is 24.0. The average molecular weight is 504 g/mol. The van der Waals surface area contributed by atoms with Crippen molar-refractivity contribution in [2.45, 2.75) is 13.8 Å². The first-order valence-electron chi connectivity index (χ1n) is 11.6. The number of ether oxygens (including phenoxy) is 1. The number of aryl methyl sites for hydroxylation is 1. The van der Waals surface area contributed by atoms with Gasteiger partial charge in [-0.05, 0) is 37.3 Å². The van der Waals surface area contributed by atoms with Crippen molar-refractivity contribution in [3.8, 4) is 17.7 Å². The minimum absolute atomic E-state index is 0.0390. The van der Waals surface area contributed by atoms with Gasteiger partial charge in [-0.3, -0.25) is 4.79 Å². The molecular weight excluding hydrogens is 480 g/mol. The summed E-state index contributed by atoms with van der Waals surface area (Å²) in [7, 11) is 0. The number of carbonyl (C=O) groups excluding carboxylic acids is 1. The number of halogens is 2. The summed E-state index contributed by atoms with van der Waals surface area (Å²) in [6.45, 7) is 6.09. The quantitative estimate of drug-likeness (QED) is 0.409. The Hall–Kier alpha value is -4.72. The molecule has 2 N–H and O–H groups in total. The molecule has 1 fully saturated rings. The maximum Gasteiger partial charge on any atom is 0.242 e. The zero-order valence-corrected chi connectivity index (χ0v) is 20.2. The molecule has 11 heteroatoms. The van der Waals surface area contributed by atoms with Crippen LogP contribution in [-0.2, 0) is 4.79 Å². The number of piperazine rings is 1. The van der Waals surface area contributed by atoms with Crippen molar-refractivity contribution in [3.63, 3.8) is 0 Å². The second-order valence-corrected chi connectivity index (χ2v) is 8.69. The fourth-order valence-electron chi connectivity index (χ4n) is 4.33. The number of rotatable bonds is 5. The maximum atomic E-state index is 15.0. The number of fused-ring (bicyclic) bond motifs is 1. The molecule has 1 saturated heterocycles. The van der Waals surface area contributed by atoms with Gasteiger partial charge < -0.3 is 24.8 Å². The number of anilines is 3. The molecule has 1 aliphatic rings. The Morgan fingerprint density at radius 3 is 2.54 bits per heavy atom. The Morgan fingerprint density at radius 1 is 1.14 bits per heavy atom. The average Bonchev–Trinajstić information content (AvgIpc) is 3.30. The third-order valence-corrected chi connectivity index (χ3v) is 6.25. The highest BCUT2D eigenvalue weighted by Crippen LogP contribution is 2.34. The third kappa shape index (κ3) is 4.73. The minimum Gasteiger partial charge on any atom is -0.434 e. The number of aromatic nitrogens is 3. The van der Waals surface area contributed by atoms with Crippen LogP contribution in [0.4, 0.5) is 26.0 Å². The summed E-state index contributed by atoms with van der Waals surface area (Å²) in [4.78, 5) is 26.4. The second-order valence-electron chi connectivity index (χ2n) is 8.69. The maximum absolute atomic E-state index is 15.0. The Kier molecular flexibility index (Phi) is 6.31. The molecule has 0 saturated carbocycles. The molecule has 3 heterocycles. The molecule has 37 heavy (non-hydrogen) atoms. The Bertz CT molecular complexity index is 1520. The smallest absolute Gasteiger partial charge is 0.242 e. The minimum atomic E-state index is -0.766.